The molecule has 1 nitrogen and oxygen atoms in total. The first-order valence-electron chi connectivity index (χ1n) is 6.61. The smallest absolute Gasteiger partial charge is 0.0124 e. The van der Waals surface area contributed by atoms with E-state index in [1.807, 2.05) is 0 Å². The van der Waals surface area contributed by atoms with Gasteiger partial charge in [-0.25, -0.2) is 0 Å². The van der Waals surface area contributed by atoms with E-state index < -0.39 is 0 Å². The molecule has 0 radical (unpaired) electrons. The molecular weight excluding hydrogens is 250 g/mol. The molecule has 0 bridgehead atoms. The Morgan fingerprint density at radius 3 is 2.60 bits per heavy atom. The highest BCUT2D eigenvalue weighted by atomic mass is 79.9. The van der Waals surface area contributed by atoms with Gasteiger partial charge in [0.1, 0.15) is 0 Å². The van der Waals surface area contributed by atoms with Crippen molar-refractivity contribution in [3.8, 4) is 0 Å². The van der Waals surface area contributed by atoms with Crippen LogP contribution in [0.4, 0.5) is 0 Å². The van der Waals surface area contributed by atoms with Crippen LogP contribution in [0.5, 0.6) is 0 Å². The molecule has 88 valence electrons. The molecule has 0 spiro atoms. The van der Waals surface area contributed by atoms with E-state index in [2.05, 4.69) is 27.8 Å². The van der Waals surface area contributed by atoms with Gasteiger partial charge in [0.15, 0.2) is 0 Å². The van der Waals surface area contributed by atoms with Crippen molar-refractivity contribution >= 4 is 15.9 Å². The molecule has 2 rings (SSSR count). The minimum absolute atomic E-state index is 0.812. The summed E-state index contributed by atoms with van der Waals surface area (Å²) in [6.07, 6.45) is 8.90. The summed E-state index contributed by atoms with van der Waals surface area (Å²) < 4.78 is 0. The van der Waals surface area contributed by atoms with E-state index in [0.29, 0.717) is 0 Å². The summed E-state index contributed by atoms with van der Waals surface area (Å²) in [5.41, 5.74) is 0. The van der Waals surface area contributed by atoms with E-state index in [4.69, 9.17) is 0 Å². The van der Waals surface area contributed by atoms with Gasteiger partial charge in [-0.2, -0.15) is 0 Å². The third kappa shape index (κ3) is 2.97. The predicted octanol–water partition coefficient (Wildman–Crippen LogP) is 3.67. The average molecular weight is 274 g/mol. The van der Waals surface area contributed by atoms with E-state index in [-0.39, 0.29) is 0 Å². The molecule has 2 fully saturated rings. The van der Waals surface area contributed by atoms with E-state index in [1.54, 1.807) is 0 Å². The number of hydrogen-bond donors (Lipinski definition) is 0. The fourth-order valence-electron chi connectivity index (χ4n) is 3.40. The lowest BCUT2D eigenvalue weighted by atomic mass is 9.95. The Bertz CT molecular complexity index is 189. The normalized spacial score (nSPS) is 31.2. The van der Waals surface area contributed by atoms with E-state index >= 15 is 0 Å². The average Bonchev–Trinajstić information content (AvgIpc) is 2.86. The van der Waals surface area contributed by atoms with Gasteiger partial charge >= 0.3 is 0 Å². The van der Waals surface area contributed by atoms with Crippen LogP contribution >= 0.6 is 15.9 Å². The van der Waals surface area contributed by atoms with Crippen molar-refractivity contribution in [2.24, 2.45) is 11.8 Å². The Morgan fingerprint density at radius 2 is 1.93 bits per heavy atom. The van der Waals surface area contributed by atoms with Crippen LogP contribution in [-0.2, 0) is 0 Å². The quantitative estimate of drug-likeness (QED) is 0.707. The fourth-order valence-corrected chi connectivity index (χ4v) is 3.61. The monoisotopic (exact) mass is 273 g/mol. The molecule has 2 atom stereocenters. The van der Waals surface area contributed by atoms with Gasteiger partial charge in [0.25, 0.3) is 0 Å². The minimum Gasteiger partial charge on any atom is -0.300 e. The predicted molar refractivity (Wildman–Crippen MR) is 69.5 cm³/mol. The zero-order valence-corrected chi connectivity index (χ0v) is 11.5. The van der Waals surface area contributed by atoms with Gasteiger partial charge in [0.2, 0.25) is 0 Å². The number of nitrogens with zero attached hydrogens (tertiary/aromatic N) is 1. The number of hydrogen-bond acceptors (Lipinski definition) is 1. The molecule has 1 heterocycles. The summed E-state index contributed by atoms with van der Waals surface area (Å²) in [6, 6.07) is 0.939. The first-order chi connectivity index (χ1) is 7.31. The molecule has 0 aromatic carbocycles. The third-order valence-electron chi connectivity index (χ3n) is 4.17. The molecular formula is C13H24BrN. The van der Waals surface area contributed by atoms with Crippen LogP contribution in [0, 0.1) is 11.8 Å². The Hall–Kier alpha value is 0.440. The maximum absolute atomic E-state index is 3.60. The highest BCUT2D eigenvalue weighted by molar-refractivity contribution is 9.09. The van der Waals surface area contributed by atoms with Crippen molar-refractivity contribution in [2.45, 2.75) is 51.5 Å². The van der Waals surface area contributed by atoms with E-state index in [1.165, 1.54) is 51.6 Å². The van der Waals surface area contributed by atoms with Crippen LogP contribution in [-0.4, -0.2) is 29.4 Å². The lowest BCUT2D eigenvalue weighted by molar-refractivity contribution is 0.174. The van der Waals surface area contributed by atoms with Crippen LogP contribution in [0.25, 0.3) is 0 Å². The first kappa shape index (κ1) is 11.9. The fraction of sp³-hybridized carbons (Fsp3) is 1.00. The second-order valence-electron chi connectivity index (χ2n) is 5.51. The van der Waals surface area contributed by atoms with Crippen LogP contribution < -0.4 is 0 Å². The standard InChI is InChI=1S/C13H24BrN/c1-11(9-14)10-15-8-4-7-13(15)12-5-2-3-6-12/h11-13H,2-10H2,1H3. The van der Waals surface area contributed by atoms with Gasteiger partial charge in [0, 0.05) is 17.9 Å². The van der Waals surface area contributed by atoms with Crippen molar-refractivity contribution in [3.05, 3.63) is 0 Å². The zero-order valence-electron chi connectivity index (χ0n) is 9.92. The molecule has 2 aliphatic rings. The van der Waals surface area contributed by atoms with Gasteiger partial charge in [-0.05, 0) is 44.1 Å². The number of likely N-dealkylation sites (tertiary alicyclic amines) is 1. The summed E-state index contributed by atoms with van der Waals surface area (Å²) in [5, 5.41) is 1.15. The molecule has 15 heavy (non-hydrogen) atoms. The molecule has 0 aromatic heterocycles. The summed E-state index contributed by atoms with van der Waals surface area (Å²) in [4.78, 5) is 2.78. The maximum atomic E-state index is 3.60. The zero-order chi connectivity index (χ0) is 10.7. The molecule has 1 aliphatic heterocycles. The van der Waals surface area contributed by atoms with E-state index in [9.17, 15) is 0 Å². The molecule has 1 saturated carbocycles. The lowest BCUT2D eigenvalue weighted by Crippen LogP contribution is -2.37. The lowest BCUT2D eigenvalue weighted by Gasteiger charge is -2.31. The number of halogens is 1. The maximum Gasteiger partial charge on any atom is 0.0124 e. The van der Waals surface area contributed by atoms with E-state index in [0.717, 1.165) is 23.2 Å². The molecule has 1 saturated heterocycles. The molecule has 2 unspecified atom stereocenters. The topological polar surface area (TPSA) is 3.24 Å². The number of alkyl halides is 1. The molecule has 0 N–H and O–H groups in total. The summed E-state index contributed by atoms with van der Waals surface area (Å²) in [6.45, 7) is 5.03. The third-order valence-corrected chi connectivity index (χ3v) is 5.27. The second-order valence-corrected chi connectivity index (χ2v) is 6.16. The molecule has 2 heteroatoms. The van der Waals surface area contributed by atoms with Crippen molar-refractivity contribution in [1.29, 1.82) is 0 Å². The van der Waals surface area contributed by atoms with Crippen LogP contribution in [0.3, 0.4) is 0 Å². The first-order valence-corrected chi connectivity index (χ1v) is 7.73. The van der Waals surface area contributed by atoms with Gasteiger partial charge in [0.05, 0.1) is 0 Å². The second kappa shape index (κ2) is 5.67. The highest BCUT2D eigenvalue weighted by Gasteiger charge is 2.33. The Labute approximate surface area is 103 Å². The van der Waals surface area contributed by atoms with Gasteiger partial charge in [-0.3, -0.25) is 4.90 Å². The number of rotatable bonds is 4. The van der Waals surface area contributed by atoms with Gasteiger partial charge in [-0.1, -0.05) is 35.7 Å². The summed E-state index contributed by atoms with van der Waals surface area (Å²) >= 11 is 3.60. The van der Waals surface area contributed by atoms with Gasteiger partial charge < -0.3 is 0 Å². The van der Waals surface area contributed by atoms with Crippen molar-refractivity contribution in [1.82, 2.24) is 4.90 Å². The molecule has 1 aliphatic carbocycles. The molecule has 0 aromatic rings. The van der Waals surface area contributed by atoms with Crippen molar-refractivity contribution in [2.75, 3.05) is 18.4 Å². The van der Waals surface area contributed by atoms with Crippen LogP contribution in [0.2, 0.25) is 0 Å². The Morgan fingerprint density at radius 1 is 1.20 bits per heavy atom. The summed E-state index contributed by atoms with van der Waals surface area (Å²) in [5.74, 6) is 1.85. The minimum atomic E-state index is 0.812. The Kier molecular flexibility index (Phi) is 4.51. The summed E-state index contributed by atoms with van der Waals surface area (Å²) in [7, 11) is 0. The van der Waals surface area contributed by atoms with Crippen molar-refractivity contribution < 1.29 is 0 Å². The highest BCUT2D eigenvalue weighted by Crippen LogP contribution is 2.35. The Balaban J connectivity index is 1.86. The SMILES string of the molecule is CC(CBr)CN1CCCC1C1CCCC1. The largest absolute Gasteiger partial charge is 0.300 e. The molecule has 0 amide bonds. The van der Waals surface area contributed by atoms with Gasteiger partial charge in [-0.15, -0.1) is 0 Å². The van der Waals surface area contributed by atoms with Crippen LogP contribution in [0.1, 0.15) is 45.4 Å². The van der Waals surface area contributed by atoms with Crippen LogP contribution in [0.15, 0.2) is 0 Å². The van der Waals surface area contributed by atoms with Crippen molar-refractivity contribution in [3.63, 3.8) is 0 Å².